The first kappa shape index (κ1) is 21.4. The number of anilines is 3. The second kappa shape index (κ2) is 7.87. The van der Waals surface area contributed by atoms with Crippen molar-refractivity contribution in [1.29, 1.82) is 0 Å². The molecule has 1 saturated heterocycles. The Labute approximate surface area is 186 Å². The number of carbonyl (C=O) groups excluding carboxylic acids is 1. The molecule has 0 aromatic heterocycles. The highest BCUT2D eigenvalue weighted by Gasteiger charge is 2.42. The normalized spacial score (nSPS) is 24.0. The fourth-order valence-electron chi connectivity index (χ4n) is 4.67. The van der Waals surface area contributed by atoms with Crippen LogP contribution in [0, 0.1) is 11.6 Å². The maximum absolute atomic E-state index is 16.0. The molecule has 0 spiro atoms. The van der Waals surface area contributed by atoms with Crippen LogP contribution in [-0.2, 0) is 9.47 Å². The first-order valence-electron chi connectivity index (χ1n) is 10.5. The van der Waals surface area contributed by atoms with Crippen molar-refractivity contribution in [3.8, 4) is 0 Å². The topological polar surface area (TPSA) is 117 Å². The molecule has 33 heavy (non-hydrogen) atoms. The van der Waals surface area contributed by atoms with E-state index in [0.29, 0.717) is 12.1 Å². The van der Waals surface area contributed by atoms with Gasteiger partial charge >= 0.3 is 12.3 Å². The number of hydrogen-bond acceptors (Lipinski definition) is 8. The number of carboxylic acid groups (broad SMARTS) is 1. The van der Waals surface area contributed by atoms with Crippen LogP contribution in [0.5, 0.6) is 0 Å². The Bertz CT molecular complexity index is 1100. The number of halogens is 3. The number of benzene rings is 1. The van der Waals surface area contributed by atoms with Crippen LogP contribution in [0.4, 0.5) is 39.8 Å². The van der Waals surface area contributed by atoms with Crippen molar-refractivity contribution in [2.45, 2.75) is 37.5 Å². The maximum Gasteiger partial charge on any atom is 0.519 e. The van der Waals surface area contributed by atoms with E-state index in [2.05, 4.69) is 10.1 Å². The Morgan fingerprint density at radius 1 is 1.18 bits per heavy atom. The van der Waals surface area contributed by atoms with Crippen LogP contribution in [0.3, 0.4) is 0 Å². The number of hydrogen-bond donors (Lipinski definition) is 3. The molecule has 0 radical (unpaired) electrons. The average Bonchev–Trinajstić information content (AvgIpc) is 3.50. The van der Waals surface area contributed by atoms with Gasteiger partial charge in [-0.1, -0.05) is 0 Å². The Kier molecular flexibility index (Phi) is 5.11. The lowest BCUT2D eigenvalue weighted by atomic mass is 9.98. The molecule has 1 aliphatic carbocycles. The van der Waals surface area contributed by atoms with Gasteiger partial charge in [-0.3, -0.25) is 0 Å². The number of carbonyl (C=O) groups is 2. The quantitative estimate of drug-likeness (QED) is 0.350. The SMILES string of the molecule is Nc1c(F)c(N2CC3=C(F)CCNC3C2)c(F)c2c1C(OC(=O)OC(=O)O)C=CN2C1CC1. The number of nitrogens with zero attached hydrogens (tertiary/aromatic N) is 2. The third-order valence-electron chi connectivity index (χ3n) is 6.29. The molecule has 176 valence electrons. The molecular formula is C21H21F3N4O5. The number of ether oxygens (including phenoxy) is 2. The predicted molar refractivity (Wildman–Crippen MR) is 110 cm³/mol. The molecule has 1 aromatic carbocycles. The first-order chi connectivity index (χ1) is 15.8. The van der Waals surface area contributed by atoms with Gasteiger partial charge < -0.3 is 35.4 Å². The van der Waals surface area contributed by atoms with Gasteiger partial charge in [0.1, 0.15) is 11.5 Å². The summed E-state index contributed by atoms with van der Waals surface area (Å²) < 4.78 is 54.7. The smallest absolute Gasteiger partial charge is 0.449 e. The summed E-state index contributed by atoms with van der Waals surface area (Å²) in [4.78, 5) is 25.4. The minimum absolute atomic E-state index is 0.0136. The molecular weight excluding hydrogens is 445 g/mol. The lowest BCUT2D eigenvalue weighted by molar-refractivity contribution is 0.0395. The summed E-state index contributed by atoms with van der Waals surface area (Å²) in [6, 6.07) is -0.391. The zero-order valence-electron chi connectivity index (χ0n) is 17.3. The highest BCUT2D eigenvalue weighted by molar-refractivity contribution is 5.81. The predicted octanol–water partition coefficient (Wildman–Crippen LogP) is 3.32. The number of nitrogen functional groups attached to an aromatic ring is 1. The van der Waals surface area contributed by atoms with Gasteiger partial charge in [0.15, 0.2) is 17.7 Å². The third-order valence-corrected chi connectivity index (χ3v) is 6.29. The van der Waals surface area contributed by atoms with E-state index in [1.807, 2.05) is 0 Å². The molecule has 3 heterocycles. The van der Waals surface area contributed by atoms with Crippen LogP contribution < -0.4 is 20.9 Å². The van der Waals surface area contributed by atoms with Gasteiger partial charge in [-0.25, -0.2) is 22.8 Å². The van der Waals surface area contributed by atoms with E-state index in [1.54, 1.807) is 4.90 Å². The number of nitrogens with one attached hydrogen (secondary N) is 1. The van der Waals surface area contributed by atoms with Crippen LogP contribution in [0.25, 0.3) is 0 Å². The molecule has 1 aromatic rings. The van der Waals surface area contributed by atoms with Gasteiger partial charge in [-0.05, 0) is 24.5 Å². The Hall–Kier alpha value is -3.41. The van der Waals surface area contributed by atoms with Crippen LogP contribution in [-0.4, -0.2) is 49.1 Å². The van der Waals surface area contributed by atoms with Gasteiger partial charge in [0.2, 0.25) is 0 Å². The van der Waals surface area contributed by atoms with Gasteiger partial charge in [-0.15, -0.1) is 0 Å². The number of rotatable bonds is 3. The minimum atomic E-state index is -1.88. The Balaban J connectivity index is 1.57. The monoisotopic (exact) mass is 466 g/mol. The van der Waals surface area contributed by atoms with E-state index in [9.17, 15) is 14.0 Å². The van der Waals surface area contributed by atoms with Crippen molar-refractivity contribution in [3.05, 3.63) is 40.9 Å². The molecule has 5 rings (SSSR count). The van der Waals surface area contributed by atoms with Gasteiger partial charge in [0, 0.05) is 43.9 Å². The van der Waals surface area contributed by atoms with Crippen molar-refractivity contribution in [2.24, 2.45) is 0 Å². The average molecular weight is 466 g/mol. The molecule has 4 N–H and O–H groups in total. The molecule has 12 heteroatoms. The van der Waals surface area contributed by atoms with Crippen LogP contribution in [0.2, 0.25) is 0 Å². The van der Waals surface area contributed by atoms with Crippen molar-refractivity contribution in [2.75, 3.05) is 35.2 Å². The van der Waals surface area contributed by atoms with Crippen molar-refractivity contribution >= 4 is 29.4 Å². The van der Waals surface area contributed by atoms with Gasteiger partial charge in [-0.2, -0.15) is 0 Å². The first-order valence-corrected chi connectivity index (χ1v) is 10.5. The van der Waals surface area contributed by atoms with E-state index < -0.39 is 35.7 Å². The minimum Gasteiger partial charge on any atom is -0.449 e. The fraction of sp³-hybridized carbons (Fsp3) is 0.429. The van der Waals surface area contributed by atoms with E-state index in [0.717, 1.165) is 12.8 Å². The standard InChI is InChI=1S/C21H21F3N4O5/c22-11-3-5-26-12-8-27(7-10(11)12)19-15(23)17(25)14-13(32-21(31)33-20(29)30)4-6-28(9-1-2-9)18(14)16(19)24/h4,6,9,12-13,26H,1-3,5,7-8,25H2,(H,29,30). The molecule has 2 fully saturated rings. The fourth-order valence-corrected chi connectivity index (χ4v) is 4.67. The highest BCUT2D eigenvalue weighted by Crippen LogP contribution is 2.49. The number of nitrogens with two attached hydrogens (primary N) is 1. The zero-order chi connectivity index (χ0) is 23.4. The largest absolute Gasteiger partial charge is 0.519 e. The van der Waals surface area contributed by atoms with Crippen molar-refractivity contribution in [3.63, 3.8) is 0 Å². The van der Waals surface area contributed by atoms with E-state index >= 15 is 8.78 Å². The second-order valence-electron chi connectivity index (χ2n) is 8.36. The summed E-state index contributed by atoms with van der Waals surface area (Å²) >= 11 is 0. The summed E-state index contributed by atoms with van der Waals surface area (Å²) in [6.07, 6.45) is -0.170. The molecule has 9 nitrogen and oxygen atoms in total. The highest BCUT2D eigenvalue weighted by atomic mass is 19.1. The van der Waals surface area contributed by atoms with Gasteiger partial charge in [0.25, 0.3) is 0 Å². The molecule has 1 saturated carbocycles. The molecule has 3 aliphatic heterocycles. The van der Waals surface area contributed by atoms with Crippen LogP contribution >= 0.6 is 0 Å². The van der Waals surface area contributed by atoms with E-state index in [-0.39, 0.29) is 54.4 Å². The molecule has 4 aliphatic rings. The zero-order valence-corrected chi connectivity index (χ0v) is 17.3. The van der Waals surface area contributed by atoms with E-state index in [4.69, 9.17) is 15.6 Å². The summed E-state index contributed by atoms with van der Waals surface area (Å²) in [5.74, 6) is -2.24. The Morgan fingerprint density at radius 2 is 1.94 bits per heavy atom. The third kappa shape index (κ3) is 3.63. The summed E-state index contributed by atoms with van der Waals surface area (Å²) in [5.41, 5.74) is 5.54. The summed E-state index contributed by atoms with van der Waals surface area (Å²) in [6.45, 7) is 0.621. The summed E-state index contributed by atoms with van der Waals surface area (Å²) in [5, 5.41) is 11.8. The summed E-state index contributed by atoms with van der Waals surface area (Å²) in [7, 11) is 0. The number of fused-ring (bicyclic) bond motifs is 2. The molecule has 2 atom stereocenters. The molecule has 2 unspecified atom stereocenters. The second-order valence-corrected chi connectivity index (χ2v) is 8.36. The lowest BCUT2D eigenvalue weighted by Crippen LogP contribution is -2.37. The van der Waals surface area contributed by atoms with Crippen molar-refractivity contribution in [1.82, 2.24) is 5.32 Å². The maximum atomic E-state index is 16.0. The van der Waals surface area contributed by atoms with Crippen LogP contribution in [0.1, 0.15) is 30.9 Å². The van der Waals surface area contributed by atoms with Crippen molar-refractivity contribution < 1.29 is 37.3 Å². The Morgan fingerprint density at radius 3 is 2.61 bits per heavy atom. The van der Waals surface area contributed by atoms with Gasteiger partial charge in [0.05, 0.1) is 17.4 Å². The van der Waals surface area contributed by atoms with Crippen LogP contribution in [0.15, 0.2) is 23.7 Å². The molecule has 0 bridgehead atoms. The molecule has 0 amide bonds. The van der Waals surface area contributed by atoms with E-state index in [1.165, 1.54) is 17.2 Å². The lowest BCUT2D eigenvalue weighted by Gasteiger charge is -2.34.